The average Bonchev–Trinajstić information content (AvgIpc) is 3.24. The second-order valence-electron chi connectivity index (χ2n) is 16.0. The number of hydrogen-bond donors (Lipinski definition) is 3. The number of aromatic nitrogens is 3. The molecule has 4 aliphatic heterocycles. The first-order valence-corrected chi connectivity index (χ1v) is 20.6. The molecule has 14 nitrogen and oxygen atoms in total. The number of anilines is 3. The Kier molecular flexibility index (Phi) is 12.2. The number of piperidine rings is 3. The van der Waals surface area contributed by atoms with Gasteiger partial charge in [0.2, 0.25) is 23.7 Å². The van der Waals surface area contributed by atoms with Crippen molar-refractivity contribution < 1.29 is 23.2 Å². The van der Waals surface area contributed by atoms with Crippen LogP contribution in [0.25, 0.3) is 16.9 Å². The molecule has 310 valence electrons. The van der Waals surface area contributed by atoms with E-state index in [1.165, 1.54) is 16.7 Å². The Morgan fingerprint density at radius 2 is 1.59 bits per heavy atom. The average molecular weight is 809 g/mol. The van der Waals surface area contributed by atoms with Crippen molar-refractivity contribution in [3.8, 4) is 16.9 Å². The first-order valence-electron chi connectivity index (χ1n) is 20.6. The summed E-state index contributed by atoms with van der Waals surface area (Å²) in [6, 6.07) is 16.4. The van der Waals surface area contributed by atoms with Gasteiger partial charge in [0.25, 0.3) is 5.56 Å². The minimum Gasteiger partial charge on any atom is -0.374 e. The second-order valence-corrected chi connectivity index (χ2v) is 16.0. The summed E-state index contributed by atoms with van der Waals surface area (Å²) in [5.74, 6) is -0.552. The number of carbonyl (C=O) groups is 3. The van der Waals surface area contributed by atoms with Gasteiger partial charge in [-0.3, -0.25) is 38.9 Å². The van der Waals surface area contributed by atoms with Crippen LogP contribution in [-0.2, 0) is 14.4 Å². The number of benzene rings is 2. The van der Waals surface area contributed by atoms with Crippen molar-refractivity contribution in [1.29, 1.82) is 0 Å². The number of nitrogens with zero attached hydrogens (tertiary/aromatic N) is 7. The number of nitrogens with one attached hydrogen (secondary N) is 3. The molecule has 0 aliphatic carbocycles. The summed E-state index contributed by atoms with van der Waals surface area (Å²) in [7, 11) is 0. The van der Waals surface area contributed by atoms with Crippen molar-refractivity contribution in [2.24, 2.45) is 5.92 Å². The zero-order chi connectivity index (χ0) is 40.9. The van der Waals surface area contributed by atoms with E-state index in [1.807, 2.05) is 4.90 Å². The van der Waals surface area contributed by atoms with Crippen molar-refractivity contribution >= 4 is 35.0 Å². The van der Waals surface area contributed by atoms with Gasteiger partial charge in [0.15, 0.2) is 5.82 Å². The number of rotatable bonds is 11. The minimum absolute atomic E-state index is 0.0398. The highest BCUT2D eigenvalue weighted by atomic mass is 19.1. The summed E-state index contributed by atoms with van der Waals surface area (Å²) in [5, 5.41) is 8.71. The lowest BCUT2D eigenvalue weighted by Gasteiger charge is -2.40. The van der Waals surface area contributed by atoms with E-state index in [0.29, 0.717) is 60.5 Å². The summed E-state index contributed by atoms with van der Waals surface area (Å²) in [4.78, 5) is 66.6. The smallest absolute Gasteiger partial charge is 0.255 e. The lowest BCUT2D eigenvalue weighted by Crippen LogP contribution is -2.50. The molecule has 3 amide bonds. The molecule has 8 rings (SSSR count). The fraction of sp³-hybridized carbons (Fsp3) is 0.442. The molecular formula is C43H50F2N10O4. The van der Waals surface area contributed by atoms with Crippen LogP contribution in [0.5, 0.6) is 0 Å². The van der Waals surface area contributed by atoms with Crippen molar-refractivity contribution in [3.63, 3.8) is 0 Å². The molecule has 3 N–H and O–H groups in total. The Hall–Kier alpha value is -5.74. The van der Waals surface area contributed by atoms with Crippen molar-refractivity contribution in [2.75, 3.05) is 81.0 Å². The maximum absolute atomic E-state index is 15.2. The second kappa shape index (κ2) is 18.0. The van der Waals surface area contributed by atoms with Gasteiger partial charge in [0, 0.05) is 87.5 Å². The summed E-state index contributed by atoms with van der Waals surface area (Å²) in [5.41, 5.74) is 2.17. The largest absolute Gasteiger partial charge is 0.374 e. The molecule has 4 saturated heterocycles. The summed E-state index contributed by atoms with van der Waals surface area (Å²) >= 11 is 0. The molecule has 59 heavy (non-hydrogen) atoms. The molecule has 2 aromatic carbocycles. The number of carbonyl (C=O) groups excluding carboxylic acids is 3. The Balaban J connectivity index is 0.743. The molecule has 4 aliphatic rings. The number of pyridine rings is 1. The maximum atomic E-state index is 15.2. The lowest BCUT2D eigenvalue weighted by molar-refractivity contribution is -0.134. The van der Waals surface area contributed by atoms with Gasteiger partial charge in [-0.1, -0.05) is 18.2 Å². The van der Waals surface area contributed by atoms with Crippen LogP contribution in [0.1, 0.15) is 38.5 Å². The van der Waals surface area contributed by atoms with Crippen LogP contribution < -0.4 is 26.4 Å². The van der Waals surface area contributed by atoms with Crippen LogP contribution >= 0.6 is 0 Å². The normalized spacial score (nSPS) is 20.1. The van der Waals surface area contributed by atoms with E-state index in [-0.39, 0.29) is 47.3 Å². The monoisotopic (exact) mass is 808 g/mol. The summed E-state index contributed by atoms with van der Waals surface area (Å²) in [6.07, 6.45) is 6.98. The summed E-state index contributed by atoms with van der Waals surface area (Å²) < 4.78 is 31.6. The SMILES string of the molecule is O=C1CCC(Nc2ccc(N3CCN(CC4CCN(CC(=O)N5CCC(Nc6ncc(F)c(-c7cccc(-n8ccccc8=O)c7)n6)CC5)CC4)CC3)c(F)c2)C(=O)N1. The fourth-order valence-electron chi connectivity index (χ4n) is 8.58. The van der Waals surface area contributed by atoms with Crippen LogP contribution in [0, 0.1) is 17.6 Å². The van der Waals surface area contributed by atoms with Crippen LogP contribution in [0.2, 0.25) is 0 Å². The number of amides is 3. The number of likely N-dealkylation sites (tertiary alicyclic amines) is 2. The van der Waals surface area contributed by atoms with Crippen LogP contribution in [-0.4, -0.2) is 124 Å². The van der Waals surface area contributed by atoms with E-state index in [4.69, 9.17) is 0 Å². The molecule has 1 atom stereocenters. The Morgan fingerprint density at radius 3 is 2.34 bits per heavy atom. The van der Waals surface area contributed by atoms with Crippen LogP contribution in [0.15, 0.2) is 77.9 Å². The number of piperazine rings is 1. The zero-order valence-electron chi connectivity index (χ0n) is 33.0. The molecule has 0 saturated carbocycles. The third-order valence-corrected chi connectivity index (χ3v) is 12.0. The molecular weight excluding hydrogens is 759 g/mol. The van der Waals surface area contributed by atoms with Gasteiger partial charge in [-0.2, -0.15) is 0 Å². The number of hydrogen-bond acceptors (Lipinski definition) is 11. The predicted octanol–water partition coefficient (Wildman–Crippen LogP) is 3.73. The highest BCUT2D eigenvalue weighted by molar-refractivity contribution is 6.01. The van der Waals surface area contributed by atoms with Crippen molar-refractivity contribution in [1.82, 2.24) is 34.6 Å². The van der Waals surface area contributed by atoms with Gasteiger partial charge in [-0.25, -0.2) is 18.7 Å². The minimum atomic E-state index is -0.558. The molecule has 6 heterocycles. The van der Waals surface area contributed by atoms with E-state index in [9.17, 15) is 23.6 Å². The molecule has 0 spiro atoms. The molecule has 4 aromatic rings. The summed E-state index contributed by atoms with van der Waals surface area (Å²) in [6.45, 7) is 7.55. The van der Waals surface area contributed by atoms with Crippen molar-refractivity contribution in [3.05, 3.63) is 95.0 Å². The van der Waals surface area contributed by atoms with Crippen LogP contribution in [0.4, 0.5) is 26.1 Å². The fourth-order valence-corrected chi connectivity index (χ4v) is 8.58. The van der Waals surface area contributed by atoms with Gasteiger partial charge in [0.05, 0.1) is 18.4 Å². The van der Waals surface area contributed by atoms with Gasteiger partial charge in [-0.05, 0) is 87.5 Å². The topological polar surface area (TPSA) is 148 Å². The third kappa shape index (κ3) is 9.77. The molecule has 4 fully saturated rings. The van der Waals surface area contributed by atoms with Crippen LogP contribution in [0.3, 0.4) is 0 Å². The zero-order valence-corrected chi connectivity index (χ0v) is 33.0. The Bertz CT molecular complexity index is 2210. The molecule has 2 aromatic heterocycles. The van der Waals surface area contributed by atoms with E-state index in [1.54, 1.807) is 54.7 Å². The number of halogens is 2. The van der Waals surface area contributed by atoms with E-state index < -0.39 is 11.9 Å². The first-order chi connectivity index (χ1) is 28.6. The molecule has 0 bridgehead atoms. The highest BCUT2D eigenvalue weighted by Crippen LogP contribution is 2.28. The third-order valence-electron chi connectivity index (χ3n) is 12.0. The van der Waals surface area contributed by atoms with Crippen molar-refractivity contribution in [2.45, 2.75) is 50.6 Å². The first kappa shape index (κ1) is 40.1. The van der Waals surface area contributed by atoms with E-state index in [2.05, 4.69) is 40.6 Å². The van der Waals surface area contributed by atoms with Gasteiger partial charge >= 0.3 is 0 Å². The molecule has 1 unspecified atom stereocenters. The standard InChI is InChI=1S/C43H50F2N10O4/c44-34-25-32(47-36-8-10-38(56)49-42(36)59)7-9-37(34)53-22-20-52(21-23-53)27-29-11-16-51(17-12-29)28-40(58)54-18-13-31(14-19-54)48-43-46-26-35(45)41(50-43)30-4-3-5-33(24-30)55-15-2-1-6-39(55)57/h1-7,9,15,24-26,29,31,36,47H,8,10-14,16-23,27-28H2,(H,46,48,50)(H,49,56,59). The number of imide groups is 1. The van der Waals surface area contributed by atoms with Gasteiger partial charge in [0.1, 0.15) is 17.6 Å². The van der Waals surface area contributed by atoms with Gasteiger partial charge < -0.3 is 20.4 Å². The van der Waals surface area contributed by atoms with E-state index in [0.717, 1.165) is 77.7 Å². The highest BCUT2D eigenvalue weighted by Gasteiger charge is 2.30. The molecule has 0 radical (unpaired) electrons. The van der Waals surface area contributed by atoms with E-state index >= 15 is 4.39 Å². The Morgan fingerprint density at radius 1 is 0.797 bits per heavy atom. The Labute approximate surface area is 341 Å². The molecule has 16 heteroatoms. The quantitative estimate of drug-likeness (QED) is 0.191. The maximum Gasteiger partial charge on any atom is 0.255 e. The van der Waals surface area contributed by atoms with Gasteiger partial charge in [-0.15, -0.1) is 0 Å². The predicted molar refractivity (Wildman–Crippen MR) is 220 cm³/mol. The lowest BCUT2D eigenvalue weighted by atomic mass is 9.95.